The number of aromatic nitrogens is 2. The van der Waals surface area contributed by atoms with Crippen LogP contribution in [0.2, 0.25) is 0 Å². The van der Waals surface area contributed by atoms with Gasteiger partial charge in [-0.1, -0.05) is 57.5 Å². The van der Waals surface area contributed by atoms with Crippen molar-refractivity contribution in [2.45, 2.75) is 60.3 Å². The van der Waals surface area contributed by atoms with Gasteiger partial charge in [0.25, 0.3) is 0 Å². The average molecular weight is 429 g/mol. The largest absolute Gasteiger partial charge is 0.345 e. The van der Waals surface area contributed by atoms with Gasteiger partial charge >= 0.3 is 0 Å². The number of anilines is 1. The molecule has 164 valence electrons. The van der Waals surface area contributed by atoms with Crippen molar-refractivity contribution in [3.63, 3.8) is 0 Å². The fourth-order valence-electron chi connectivity index (χ4n) is 4.24. The van der Waals surface area contributed by atoms with E-state index in [1.807, 2.05) is 4.90 Å². The van der Waals surface area contributed by atoms with E-state index in [4.69, 9.17) is 4.98 Å². The maximum atomic E-state index is 12.8. The average Bonchev–Trinajstić information content (AvgIpc) is 2.96. The van der Waals surface area contributed by atoms with Gasteiger partial charge in [0.1, 0.15) is 5.82 Å². The summed E-state index contributed by atoms with van der Waals surface area (Å²) in [5.74, 6) is 1.60. The highest BCUT2D eigenvalue weighted by Gasteiger charge is 2.24. The predicted molar refractivity (Wildman–Crippen MR) is 125 cm³/mol. The second-order valence-electron chi connectivity index (χ2n) is 9.95. The SMILES string of the molecule is Cc1ccc(Cc2nsc(N3CCCN(C(=O)C[C@H](C)CC(C)(C)C)CC3)n2)cc1. The molecule has 3 rings (SSSR count). The summed E-state index contributed by atoms with van der Waals surface area (Å²) < 4.78 is 4.58. The molecule has 6 heteroatoms. The third-order valence-corrected chi connectivity index (χ3v) is 6.36. The summed E-state index contributed by atoms with van der Waals surface area (Å²) in [6.07, 6.45) is 3.47. The number of amides is 1. The number of nitrogens with zero attached hydrogens (tertiary/aromatic N) is 4. The van der Waals surface area contributed by atoms with Gasteiger partial charge in [-0.3, -0.25) is 4.79 Å². The van der Waals surface area contributed by atoms with E-state index in [1.165, 1.54) is 22.7 Å². The van der Waals surface area contributed by atoms with Crippen molar-refractivity contribution in [2.75, 3.05) is 31.1 Å². The van der Waals surface area contributed by atoms with E-state index in [0.717, 1.165) is 56.4 Å². The van der Waals surface area contributed by atoms with E-state index in [2.05, 4.69) is 68.2 Å². The summed E-state index contributed by atoms with van der Waals surface area (Å²) in [4.78, 5) is 21.9. The lowest BCUT2D eigenvalue weighted by molar-refractivity contribution is -0.132. The molecule has 0 unspecified atom stereocenters. The fourth-order valence-corrected chi connectivity index (χ4v) is 4.97. The van der Waals surface area contributed by atoms with Crippen LogP contribution in [0.1, 0.15) is 63.9 Å². The van der Waals surface area contributed by atoms with Gasteiger partial charge in [0.2, 0.25) is 11.0 Å². The van der Waals surface area contributed by atoms with Gasteiger partial charge in [-0.15, -0.1) is 0 Å². The quantitative estimate of drug-likeness (QED) is 0.654. The Morgan fingerprint density at radius 2 is 1.87 bits per heavy atom. The number of rotatable bonds is 6. The zero-order valence-electron chi connectivity index (χ0n) is 19.1. The van der Waals surface area contributed by atoms with E-state index < -0.39 is 0 Å². The van der Waals surface area contributed by atoms with Crippen LogP contribution in [-0.4, -0.2) is 46.3 Å². The van der Waals surface area contributed by atoms with Gasteiger partial charge in [0.15, 0.2) is 0 Å². The summed E-state index contributed by atoms with van der Waals surface area (Å²) in [6, 6.07) is 8.55. The summed E-state index contributed by atoms with van der Waals surface area (Å²) in [5, 5.41) is 0.979. The Labute approximate surface area is 185 Å². The summed E-state index contributed by atoms with van der Waals surface area (Å²) in [7, 11) is 0. The number of carbonyl (C=O) groups is 1. The lowest BCUT2D eigenvalue weighted by atomic mass is 9.84. The van der Waals surface area contributed by atoms with Crippen molar-refractivity contribution >= 4 is 22.6 Å². The number of aryl methyl sites for hydroxylation is 1. The first-order chi connectivity index (χ1) is 14.2. The maximum Gasteiger partial charge on any atom is 0.222 e. The molecule has 1 aliphatic heterocycles. The smallest absolute Gasteiger partial charge is 0.222 e. The minimum Gasteiger partial charge on any atom is -0.345 e. The molecule has 0 spiro atoms. The second-order valence-corrected chi connectivity index (χ2v) is 10.7. The molecule has 30 heavy (non-hydrogen) atoms. The van der Waals surface area contributed by atoms with E-state index in [9.17, 15) is 4.79 Å². The molecular weight excluding hydrogens is 392 g/mol. The van der Waals surface area contributed by atoms with Crippen LogP contribution in [0.4, 0.5) is 5.13 Å². The zero-order valence-corrected chi connectivity index (χ0v) is 20.0. The summed E-state index contributed by atoms with van der Waals surface area (Å²) in [6.45, 7) is 14.4. The van der Waals surface area contributed by atoms with Crippen LogP contribution in [0, 0.1) is 18.3 Å². The first kappa shape index (κ1) is 22.7. The van der Waals surface area contributed by atoms with Crippen LogP contribution in [0.25, 0.3) is 0 Å². The highest BCUT2D eigenvalue weighted by Crippen LogP contribution is 2.27. The molecule has 0 bridgehead atoms. The van der Waals surface area contributed by atoms with Crippen molar-refractivity contribution < 1.29 is 4.79 Å². The van der Waals surface area contributed by atoms with Crippen LogP contribution in [0.5, 0.6) is 0 Å². The predicted octanol–water partition coefficient (Wildman–Crippen LogP) is 4.94. The Balaban J connectivity index is 1.53. The van der Waals surface area contributed by atoms with Crippen LogP contribution < -0.4 is 4.90 Å². The number of benzene rings is 1. The Morgan fingerprint density at radius 1 is 1.13 bits per heavy atom. The van der Waals surface area contributed by atoms with E-state index in [0.29, 0.717) is 18.2 Å². The van der Waals surface area contributed by atoms with Crippen LogP contribution in [0.3, 0.4) is 0 Å². The molecule has 1 amide bonds. The van der Waals surface area contributed by atoms with Crippen molar-refractivity contribution in [1.82, 2.24) is 14.3 Å². The Morgan fingerprint density at radius 3 is 2.57 bits per heavy atom. The summed E-state index contributed by atoms with van der Waals surface area (Å²) >= 11 is 1.48. The molecule has 0 N–H and O–H groups in total. The molecule has 1 aliphatic rings. The van der Waals surface area contributed by atoms with Crippen LogP contribution in [0.15, 0.2) is 24.3 Å². The molecule has 2 aromatic rings. The molecule has 5 nitrogen and oxygen atoms in total. The third-order valence-electron chi connectivity index (χ3n) is 5.54. The second kappa shape index (κ2) is 9.90. The molecule has 2 heterocycles. The van der Waals surface area contributed by atoms with Crippen LogP contribution >= 0.6 is 11.5 Å². The lowest BCUT2D eigenvalue weighted by Crippen LogP contribution is -2.36. The Kier molecular flexibility index (Phi) is 7.50. The third kappa shape index (κ3) is 6.79. The molecule has 1 aromatic carbocycles. The van der Waals surface area contributed by atoms with Gasteiger partial charge in [-0.25, -0.2) is 4.98 Å². The van der Waals surface area contributed by atoms with Crippen molar-refractivity contribution in [1.29, 1.82) is 0 Å². The van der Waals surface area contributed by atoms with Crippen LogP contribution in [-0.2, 0) is 11.2 Å². The van der Waals surface area contributed by atoms with Crippen molar-refractivity contribution in [3.05, 3.63) is 41.2 Å². The molecule has 1 fully saturated rings. The highest BCUT2D eigenvalue weighted by atomic mass is 32.1. The van der Waals surface area contributed by atoms with Crippen molar-refractivity contribution in [3.8, 4) is 0 Å². The standard InChI is InChI=1S/C24H36N4OS/c1-18-7-9-20(10-8-18)16-21-25-23(30-26-21)28-12-6-11-27(13-14-28)22(29)15-19(2)17-24(3,4)5/h7-10,19H,6,11-17H2,1-5H3/t19-/m0/s1. The van der Waals surface area contributed by atoms with Gasteiger partial charge in [0.05, 0.1) is 0 Å². The normalized spacial score (nSPS) is 16.4. The molecule has 0 radical (unpaired) electrons. The molecule has 1 atom stereocenters. The first-order valence-electron chi connectivity index (χ1n) is 11.1. The van der Waals surface area contributed by atoms with E-state index in [-0.39, 0.29) is 5.41 Å². The first-order valence-corrected chi connectivity index (χ1v) is 11.9. The lowest BCUT2D eigenvalue weighted by Gasteiger charge is -2.26. The van der Waals surface area contributed by atoms with Gasteiger partial charge in [0, 0.05) is 50.6 Å². The fraction of sp³-hybridized carbons (Fsp3) is 0.625. The van der Waals surface area contributed by atoms with E-state index in [1.54, 1.807) is 0 Å². The molecule has 0 saturated carbocycles. The van der Waals surface area contributed by atoms with E-state index >= 15 is 0 Å². The maximum absolute atomic E-state index is 12.8. The van der Waals surface area contributed by atoms with Gasteiger partial charge < -0.3 is 9.80 Å². The Hall–Kier alpha value is -1.95. The Bertz CT molecular complexity index is 824. The monoisotopic (exact) mass is 428 g/mol. The minimum atomic E-state index is 0.267. The highest BCUT2D eigenvalue weighted by molar-refractivity contribution is 7.09. The summed E-state index contributed by atoms with van der Waals surface area (Å²) in [5.41, 5.74) is 2.77. The molecular formula is C24H36N4OS. The molecule has 1 aromatic heterocycles. The number of hydrogen-bond donors (Lipinski definition) is 0. The number of carbonyl (C=O) groups excluding carboxylic acids is 1. The molecule has 0 aliphatic carbocycles. The zero-order chi connectivity index (χ0) is 21.7. The number of hydrogen-bond acceptors (Lipinski definition) is 5. The molecule has 1 saturated heterocycles. The minimum absolute atomic E-state index is 0.267. The van der Waals surface area contributed by atoms with Crippen molar-refractivity contribution in [2.24, 2.45) is 11.3 Å². The van der Waals surface area contributed by atoms with Gasteiger partial charge in [-0.05, 0) is 36.7 Å². The van der Waals surface area contributed by atoms with Gasteiger partial charge in [-0.2, -0.15) is 4.37 Å². The topological polar surface area (TPSA) is 49.3 Å².